The molecular weight excluding hydrogens is 470 g/mol. The van der Waals surface area contributed by atoms with E-state index in [1.54, 1.807) is 12.3 Å². The molecule has 4 heterocycles. The molecule has 1 saturated heterocycles. The molecule has 190 valence electrons. The molecule has 0 radical (unpaired) electrons. The predicted molar refractivity (Wildman–Crippen MR) is 141 cm³/mol. The normalized spacial score (nSPS) is 15.4. The first kappa shape index (κ1) is 23.1. The van der Waals surface area contributed by atoms with Gasteiger partial charge in [-0.3, -0.25) is 4.79 Å². The van der Waals surface area contributed by atoms with Crippen LogP contribution in [0.15, 0.2) is 54.7 Å². The number of carbonyl (C=O) groups excluding carboxylic acids is 1. The molecule has 6 rings (SSSR count). The lowest BCUT2D eigenvalue weighted by atomic mass is 10.0. The minimum Gasteiger partial charge on any atom is -0.506 e. The van der Waals surface area contributed by atoms with Crippen molar-refractivity contribution in [2.45, 2.75) is 19.9 Å². The van der Waals surface area contributed by atoms with Crippen LogP contribution in [0.3, 0.4) is 0 Å². The van der Waals surface area contributed by atoms with Crippen LogP contribution in [-0.2, 0) is 0 Å². The summed E-state index contributed by atoms with van der Waals surface area (Å²) in [6, 6.07) is 15.0. The number of hydrogen-bond acceptors (Lipinski definition) is 7. The molecule has 0 bridgehead atoms. The highest BCUT2D eigenvalue weighted by Crippen LogP contribution is 2.36. The Balaban J connectivity index is 1.34. The Hall–Kier alpha value is -4.27. The number of anilines is 1. The van der Waals surface area contributed by atoms with E-state index in [2.05, 4.69) is 10.00 Å². The third kappa shape index (κ3) is 4.20. The van der Waals surface area contributed by atoms with Crippen LogP contribution in [0.5, 0.6) is 17.2 Å². The smallest absolute Gasteiger partial charge is 0.254 e. The third-order valence-corrected chi connectivity index (χ3v) is 6.91. The van der Waals surface area contributed by atoms with Gasteiger partial charge in [-0.25, -0.2) is 9.67 Å². The molecule has 0 atom stereocenters. The van der Waals surface area contributed by atoms with E-state index >= 15 is 0 Å². The van der Waals surface area contributed by atoms with Gasteiger partial charge in [0.1, 0.15) is 19.0 Å². The monoisotopic (exact) mass is 499 g/mol. The average Bonchev–Trinajstić information content (AvgIpc) is 3.37. The van der Waals surface area contributed by atoms with Gasteiger partial charge < -0.3 is 24.4 Å². The lowest BCUT2D eigenvalue weighted by Gasteiger charge is -2.36. The van der Waals surface area contributed by atoms with E-state index in [9.17, 15) is 9.90 Å². The second-order valence-corrected chi connectivity index (χ2v) is 9.60. The molecule has 2 aromatic carbocycles. The van der Waals surface area contributed by atoms with Crippen molar-refractivity contribution >= 4 is 22.6 Å². The number of phenols is 1. The maximum Gasteiger partial charge on any atom is 0.254 e. The molecule has 0 aliphatic carbocycles. The first-order valence-corrected chi connectivity index (χ1v) is 12.6. The fraction of sp³-hybridized carbons (Fsp3) is 0.321. The Morgan fingerprint density at radius 2 is 1.73 bits per heavy atom. The van der Waals surface area contributed by atoms with Crippen molar-refractivity contribution in [2.24, 2.45) is 0 Å². The van der Waals surface area contributed by atoms with Gasteiger partial charge in [0.05, 0.1) is 28.5 Å². The van der Waals surface area contributed by atoms with Gasteiger partial charge in [-0.15, -0.1) is 0 Å². The lowest BCUT2D eigenvalue weighted by Crippen LogP contribution is -2.48. The molecule has 9 nitrogen and oxygen atoms in total. The Labute approximate surface area is 214 Å². The molecule has 0 spiro atoms. The molecule has 1 amide bonds. The van der Waals surface area contributed by atoms with Crippen LogP contribution in [0, 0.1) is 0 Å². The van der Waals surface area contributed by atoms with Crippen molar-refractivity contribution in [3.05, 3.63) is 60.3 Å². The highest BCUT2D eigenvalue weighted by Gasteiger charge is 2.27. The van der Waals surface area contributed by atoms with Crippen molar-refractivity contribution in [1.82, 2.24) is 19.7 Å². The van der Waals surface area contributed by atoms with E-state index in [0.29, 0.717) is 67.8 Å². The largest absolute Gasteiger partial charge is 0.506 e. The maximum atomic E-state index is 13.9. The number of piperazine rings is 1. The van der Waals surface area contributed by atoms with Crippen molar-refractivity contribution < 1.29 is 19.4 Å². The Morgan fingerprint density at radius 1 is 0.973 bits per heavy atom. The highest BCUT2D eigenvalue weighted by atomic mass is 16.6. The standard InChI is InChI=1S/C28H29N5O4/c1-18(2)33-27-21(17-29-33)20(16-22(30-27)19-7-8-25-26(15-19)37-14-13-36-25)28(35)32-11-9-31(10-12-32)23-5-3-4-6-24(23)34/h3-8,15-18,34H,9-14H2,1-2H3. The molecule has 0 saturated carbocycles. The van der Waals surface area contributed by atoms with E-state index in [0.717, 1.165) is 16.6 Å². The van der Waals surface area contributed by atoms with Gasteiger partial charge in [0.25, 0.3) is 5.91 Å². The van der Waals surface area contributed by atoms with Gasteiger partial charge in [0.2, 0.25) is 0 Å². The van der Waals surface area contributed by atoms with Gasteiger partial charge >= 0.3 is 0 Å². The second-order valence-electron chi connectivity index (χ2n) is 9.60. The number of nitrogens with zero attached hydrogens (tertiary/aromatic N) is 5. The number of para-hydroxylation sites is 2. The van der Waals surface area contributed by atoms with Gasteiger partial charge in [-0.1, -0.05) is 12.1 Å². The summed E-state index contributed by atoms with van der Waals surface area (Å²) >= 11 is 0. The number of fused-ring (bicyclic) bond motifs is 2. The van der Waals surface area contributed by atoms with Gasteiger partial charge in [0.15, 0.2) is 17.1 Å². The number of ether oxygens (including phenoxy) is 2. The number of rotatable bonds is 4. The summed E-state index contributed by atoms with van der Waals surface area (Å²) in [7, 11) is 0. The summed E-state index contributed by atoms with van der Waals surface area (Å²) in [5.74, 6) is 1.59. The predicted octanol–water partition coefficient (Wildman–Crippen LogP) is 4.12. The van der Waals surface area contributed by atoms with Crippen LogP contribution in [0.25, 0.3) is 22.3 Å². The Kier molecular flexibility index (Phi) is 5.82. The van der Waals surface area contributed by atoms with Crippen LogP contribution in [0.1, 0.15) is 30.2 Å². The van der Waals surface area contributed by atoms with Gasteiger partial charge in [-0.05, 0) is 50.2 Å². The van der Waals surface area contributed by atoms with Crippen LogP contribution in [0.2, 0.25) is 0 Å². The summed E-state index contributed by atoms with van der Waals surface area (Å²) in [5.41, 5.74) is 3.58. The van der Waals surface area contributed by atoms with Gasteiger partial charge in [0, 0.05) is 37.8 Å². The molecule has 9 heteroatoms. The number of aromatic nitrogens is 3. The number of pyridine rings is 1. The van der Waals surface area contributed by atoms with Gasteiger partial charge in [-0.2, -0.15) is 5.10 Å². The molecule has 37 heavy (non-hydrogen) atoms. The van der Waals surface area contributed by atoms with Crippen molar-refractivity contribution in [1.29, 1.82) is 0 Å². The van der Waals surface area contributed by atoms with Crippen LogP contribution < -0.4 is 14.4 Å². The second kappa shape index (κ2) is 9.31. The molecule has 1 N–H and O–H groups in total. The molecule has 2 aliphatic heterocycles. The lowest BCUT2D eigenvalue weighted by molar-refractivity contribution is 0.0748. The number of aromatic hydroxyl groups is 1. The number of benzene rings is 2. The fourth-order valence-corrected chi connectivity index (χ4v) is 4.98. The topological polar surface area (TPSA) is 93.0 Å². The average molecular weight is 500 g/mol. The zero-order valence-electron chi connectivity index (χ0n) is 20.9. The number of carbonyl (C=O) groups is 1. The summed E-state index contributed by atoms with van der Waals surface area (Å²) < 4.78 is 13.3. The maximum absolute atomic E-state index is 13.9. The molecule has 4 aromatic rings. The zero-order chi connectivity index (χ0) is 25.5. The third-order valence-electron chi connectivity index (χ3n) is 6.91. The van der Waals surface area contributed by atoms with E-state index < -0.39 is 0 Å². The Morgan fingerprint density at radius 3 is 2.49 bits per heavy atom. The molecular formula is C28H29N5O4. The van der Waals surface area contributed by atoms with E-state index in [-0.39, 0.29) is 17.7 Å². The quantitative estimate of drug-likeness (QED) is 0.452. The minimum atomic E-state index is -0.0496. The summed E-state index contributed by atoms with van der Waals surface area (Å²) in [6.07, 6.45) is 1.74. The molecule has 0 unspecified atom stereocenters. The fourth-order valence-electron chi connectivity index (χ4n) is 4.98. The first-order chi connectivity index (χ1) is 18.0. The van der Waals surface area contributed by atoms with E-state index in [4.69, 9.17) is 14.5 Å². The van der Waals surface area contributed by atoms with E-state index in [1.807, 2.05) is 65.9 Å². The Bertz CT molecular complexity index is 1470. The van der Waals surface area contributed by atoms with Crippen molar-refractivity contribution in [3.63, 3.8) is 0 Å². The minimum absolute atomic E-state index is 0.0496. The SMILES string of the molecule is CC(C)n1ncc2c(C(=O)N3CCN(c4ccccc4O)CC3)cc(-c3ccc4c(c3)OCCO4)nc21. The summed E-state index contributed by atoms with van der Waals surface area (Å²) in [4.78, 5) is 22.8. The number of amides is 1. The summed E-state index contributed by atoms with van der Waals surface area (Å²) in [5, 5.41) is 15.5. The number of phenolic OH excluding ortho intramolecular Hbond substituents is 1. The van der Waals surface area contributed by atoms with Crippen molar-refractivity contribution in [2.75, 3.05) is 44.3 Å². The van der Waals surface area contributed by atoms with E-state index in [1.165, 1.54) is 0 Å². The molecule has 1 fully saturated rings. The summed E-state index contributed by atoms with van der Waals surface area (Å²) in [6.45, 7) is 7.49. The zero-order valence-corrected chi connectivity index (χ0v) is 20.9. The first-order valence-electron chi connectivity index (χ1n) is 12.6. The van der Waals surface area contributed by atoms with Crippen LogP contribution >= 0.6 is 0 Å². The number of hydrogen-bond donors (Lipinski definition) is 1. The molecule has 2 aromatic heterocycles. The molecule has 2 aliphatic rings. The van der Waals surface area contributed by atoms with Crippen LogP contribution in [-0.4, -0.2) is 70.1 Å². The van der Waals surface area contributed by atoms with Crippen LogP contribution in [0.4, 0.5) is 5.69 Å². The van der Waals surface area contributed by atoms with Crippen molar-refractivity contribution in [3.8, 4) is 28.5 Å². The highest BCUT2D eigenvalue weighted by molar-refractivity contribution is 6.06.